The molecule has 0 amide bonds. The lowest BCUT2D eigenvalue weighted by Crippen LogP contribution is -2.17. The second kappa shape index (κ2) is 4.39. The lowest BCUT2D eigenvalue weighted by molar-refractivity contribution is 0.0438. The highest BCUT2D eigenvalue weighted by Crippen LogP contribution is 2.27. The van der Waals surface area contributed by atoms with E-state index in [2.05, 4.69) is 0 Å². The Balaban J connectivity index is 2.07. The van der Waals surface area contributed by atoms with Crippen LogP contribution in [0.5, 0.6) is 5.75 Å². The zero-order valence-electron chi connectivity index (χ0n) is 9.06. The molecule has 0 aromatic heterocycles. The van der Waals surface area contributed by atoms with E-state index in [4.69, 9.17) is 4.74 Å². The number of ether oxygens (including phenoxy) is 1. The fourth-order valence-electron chi connectivity index (χ4n) is 1.93. The molecule has 0 saturated heterocycles. The van der Waals surface area contributed by atoms with Crippen molar-refractivity contribution in [3.05, 3.63) is 29.6 Å². The van der Waals surface area contributed by atoms with Gasteiger partial charge >= 0.3 is 0 Å². The normalized spacial score (nSPS) is 29.4. The monoisotopic (exact) mass is 226 g/mol. The smallest absolute Gasteiger partial charge is 0.126 e. The van der Waals surface area contributed by atoms with E-state index < -0.39 is 12.2 Å². The molecule has 0 radical (unpaired) electrons. The molecule has 0 unspecified atom stereocenters. The molecule has 3 nitrogen and oxygen atoms in total. The molecular weight excluding hydrogens is 211 g/mol. The minimum Gasteiger partial charge on any atom is -0.490 e. The molecule has 0 spiro atoms. The van der Waals surface area contributed by atoms with Crippen LogP contribution in [0.2, 0.25) is 0 Å². The van der Waals surface area contributed by atoms with Crippen LogP contribution in [0.15, 0.2) is 18.2 Å². The predicted molar refractivity (Wildman–Crippen MR) is 56.8 cm³/mol. The van der Waals surface area contributed by atoms with Crippen molar-refractivity contribution in [3.63, 3.8) is 0 Å². The van der Waals surface area contributed by atoms with E-state index in [9.17, 15) is 14.6 Å². The lowest BCUT2D eigenvalue weighted by Gasteiger charge is -2.15. The second-order valence-electron chi connectivity index (χ2n) is 4.26. The molecule has 2 rings (SSSR count). The van der Waals surface area contributed by atoms with Crippen LogP contribution < -0.4 is 4.74 Å². The van der Waals surface area contributed by atoms with Gasteiger partial charge in [0.05, 0.1) is 12.2 Å². The van der Waals surface area contributed by atoms with Crippen LogP contribution in [-0.2, 0) is 0 Å². The largest absolute Gasteiger partial charge is 0.490 e. The number of hydrogen-bond donors (Lipinski definition) is 2. The third-order valence-corrected chi connectivity index (χ3v) is 2.90. The van der Waals surface area contributed by atoms with Crippen molar-refractivity contribution in [2.75, 3.05) is 0 Å². The molecule has 0 heterocycles. The first-order valence-corrected chi connectivity index (χ1v) is 5.35. The Kier molecular flexibility index (Phi) is 3.12. The molecule has 1 aromatic rings. The summed E-state index contributed by atoms with van der Waals surface area (Å²) in [6.07, 6.45) is -0.947. The number of aliphatic hydroxyl groups is 2. The quantitative estimate of drug-likeness (QED) is 0.801. The third kappa shape index (κ3) is 2.33. The first-order chi connectivity index (χ1) is 7.56. The average Bonchev–Trinajstić information content (AvgIpc) is 2.52. The maximum atomic E-state index is 13.0. The Morgan fingerprint density at radius 1 is 1.25 bits per heavy atom. The summed E-state index contributed by atoms with van der Waals surface area (Å²) in [7, 11) is 0. The number of halogens is 1. The standard InChI is InChI=1S/C12H15FO3/c1-7-2-3-8(13)4-12(7)16-9-5-10(14)11(15)6-9/h2-4,9-11,14-15H,5-6H2,1H3/t9-,10-,11+. The van der Waals surface area contributed by atoms with Crippen molar-refractivity contribution in [2.24, 2.45) is 0 Å². The molecule has 1 aliphatic rings. The SMILES string of the molecule is Cc1ccc(F)cc1O[C@@H]1C[C@@H](O)[C@@H](O)C1. The molecule has 1 aliphatic carbocycles. The van der Waals surface area contributed by atoms with Crippen molar-refractivity contribution in [1.82, 2.24) is 0 Å². The van der Waals surface area contributed by atoms with E-state index >= 15 is 0 Å². The highest BCUT2D eigenvalue weighted by Gasteiger charge is 2.33. The van der Waals surface area contributed by atoms with Crippen molar-refractivity contribution < 1.29 is 19.3 Å². The zero-order valence-corrected chi connectivity index (χ0v) is 9.06. The lowest BCUT2D eigenvalue weighted by atomic mass is 10.2. The Morgan fingerprint density at radius 2 is 1.88 bits per heavy atom. The van der Waals surface area contributed by atoms with Gasteiger partial charge in [-0.2, -0.15) is 0 Å². The van der Waals surface area contributed by atoms with Gasteiger partial charge < -0.3 is 14.9 Å². The van der Waals surface area contributed by atoms with Crippen LogP contribution in [0.4, 0.5) is 4.39 Å². The number of benzene rings is 1. The first-order valence-electron chi connectivity index (χ1n) is 5.35. The van der Waals surface area contributed by atoms with Gasteiger partial charge in [-0.3, -0.25) is 0 Å². The van der Waals surface area contributed by atoms with E-state index in [1.54, 1.807) is 6.07 Å². The summed E-state index contributed by atoms with van der Waals surface area (Å²) in [5.41, 5.74) is 0.845. The zero-order chi connectivity index (χ0) is 11.7. The highest BCUT2D eigenvalue weighted by atomic mass is 19.1. The Labute approximate surface area is 93.5 Å². The van der Waals surface area contributed by atoms with E-state index in [-0.39, 0.29) is 11.9 Å². The molecule has 3 atom stereocenters. The predicted octanol–water partition coefficient (Wildman–Crippen LogP) is 1.40. The summed E-state index contributed by atoms with van der Waals surface area (Å²) in [6.45, 7) is 1.83. The first kappa shape index (κ1) is 11.4. The van der Waals surface area contributed by atoms with Gasteiger partial charge in [0.1, 0.15) is 17.7 Å². The third-order valence-electron chi connectivity index (χ3n) is 2.90. The summed E-state index contributed by atoms with van der Waals surface area (Å²) in [6, 6.07) is 4.35. The fraction of sp³-hybridized carbons (Fsp3) is 0.500. The molecule has 0 aliphatic heterocycles. The van der Waals surface area contributed by atoms with Gasteiger partial charge in [0.25, 0.3) is 0 Å². The van der Waals surface area contributed by atoms with E-state index in [1.165, 1.54) is 12.1 Å². The number of aliphatic hydroxyl groups excluding tert-OH is 2. The topological polar surface area (TPSA) is 49.7 Å². The fourth-order valence-corrected chi connectivity index (χ4v) is 1.93. The molecule has 88 valence electrons. The van der Waals surface area contributed by atoms with Crippen LogP contribution >= 0.6 is 0 Å². The van der Waals surface area contributed by atoms with Gasteiger partial charge in [-0.15, -0.1) is 0 Å². The van der Waals surface area contributed by atoms with Crippen molar-refractivity contribution >= 4 is 0 Å². The van der Waals surface area contributed by atoms with Gasteiger partial charge in [0, 0.05) is 18.9 Å². The van der Waals surface area contributed by atoms with Crippen LogP contribution in [0.25, 0.3) is 0 Å². The van der Waals surface area contributed by atoms with Gasteiger partial charge in [0.2, 0.25) is 0 Å². The molecule has 1 fully saturated rings. The molecule has 1 aromatic carbocycles. The molecule has 16 heavy (non-hydrogen) atoms. The number of rotatable bonds is 2. The maximum absolute atomic E-state index is 13.0. The molecule has 4 heteroatoms. The summed E-state index contributed by atoms with van der Waals surface area (Å²) in [5.74, 6) is 0.131. The van der Waals surface area contributed by atoms with Gasteiger partial charge in [-0.1, -0.05) is 6.07 Å². The van der Waals surface area contributed by atoms with Gasteiger partial charge in [-0.25, -0.2) is 4.39 Å². The second-order valence-corrected chi connectivity index (χ2v) is 4.26. The Morgan fingerprint density at radius 3 is 2.50 bits per heavy atom. The minimum atomic E-state index is -0.737. The highest BCUT2D eigenvalue weighted by molar-refractivity contribution is 5.32. The summed E-state index contributed by atoms with van der Waals surface area (Å²) >= 11 is 0. The molecule has 0 bridgehead atoms. The van der Waals surface area contributed by atoms with Gasteiger partial charge in [-0.05, 0) is 18.6 Å². The number of hydrogen-bond acceptors (Lipinski definition) is 3. The Bertz CT molecular complexity index is 371. The van der Waals surface area contributed by atoms with Crippen molar-refractivity contribution in [3.8, 4) is 5.75 Å². The van der Waals surface area contributed by atoms with Crippen LogP contribution in [-0.4, -0.2) is 28.5 Å². The minimum absolute atomic E-state index is 0.245. The Hall–Kier alpha value is -1.13. The summed E-state index contributed by atoms with van der Waals surface area (Å²) < 4.78 is 18.6. The van der Waals surface area contributed by atoms with Crippen molar-refractivity contribution in [2.45, 2.75) is 38.1 Å². The van der Waals surface area contributed by atoms with Crippen LogP contribution in [0, 0.1) is 12.7 Å². The number of aryl methyl sites for hydroxylation is 1. The maximum Gasteiger partial charge on any atom is 0.126 e. The van der Waals surface area contributed by atoms with E-state index in [1.807, 2.05) is 6.92 Å². The molecule has 2 N–H and O–H groups in total. The summed E-state index contributed by atoms with van der Waals surface area (Å²) in [5, 5.41) is 18.7. The van der Waals surface area contributed by atoms with Gasteiger partial charge in [0.15, 0.2) is 0 Å². The summed E-state index contributed by atoms with van der Waals surface area (Å²) in [4.78, 5) is 0. The molecular formula is C12H15FO3. The molecule has 1 saturated carbocycles. The van der Waals surface area contributed by atoms with E-state index in [0.29, 0.717) is 18.6 Å². The van der Waals surface area contributed by atoms with Crippen molar-refractivity contribution in [1.29, 1.82) is 0 Å². The van der Waals surface area contributed by atoms with E-state index in [0.717, 1.165) is 5.56 Å². The van der Waals surface area contributed by atoms with Crippen LogP contribution in [0.3, 0.4) is 0 Å². The average molecular weight is 226 g/mol. The van der Waals surface area contributed by atoms with Crippen LogP contribution in [0.1, 0.15) is 18.4 Å².